The van der Waals surface area contributed by atoms with Crippen LogP contribution in [0.5, 0.6) is 0 Å². The Morgan fingerprint density at radius 2 is 1.92 bits per heavy atom. The number of nitrogens with one attached hydrogen (secondary N) is 1. The average molecular weight is 340 g/mol. The highest BCUT2D eigenvalue weighted by Crippen LogP contribution is 2.49. The van der Waals surface area contributed by atoms with Crippen molar-refractivity contribution in [1.82, 2.24) is 10.2 Å². The first-order valence-corrected chi connectivity index (χ1v) is 9.67. The van der Waals surface area contributed by atoms with E-state index in [0.717, 1.165) is 17.4 Å². The molecule has 1 N–H and O–H groups in total. The van der Waals surface area contributed by atoms with E-state index < -0.39 is 0 Å². The minimum absolute atomic E-state index is 0.0139. The summed E-state index contributed by atoms with van der Waals surface area (Å²) in [6.07, 6.45) is 5.92. The quantitative estimate of drug-likeness (QED) is 0.920. The smallest absolute Gasteiger partial charge is 0.243 e. The van der Waals surface area contributed by atoms with Gasteiger partial charge in [0.15, 0.2) is 0 Å². The van der Waals surface area contributed by atoms with Crippen molar-refractivity contribution in [3.05, 3.63) is 35.4 Å². The molecule has 2 aliphatic carbocycles. The SMILES string of the molecule is CC(=O)N1Cc2ccccc2CC1C(=O)NC(C)C1CC2CCC1C2. The number of nitrogens with zero attached hydrogens (tertiary/aromatic N) is 1. The van der Waals surface area contributed by atoms with Gasteiger partial charge in [-0.2, -0.15) is 0 Å². The predicted octanol–water partition coefficient (Wildman–Crippen LogP) is 2.90. The van der Waals surface area contributed by atoms with Crippen molar-refractivity contribution in [2.75, 3.05) is 0 Å². The van der Waals surface area contributed by atoms with Gasteiger partial charge in [0.2, 0.25) is 11.8 Å². The summed E-state index contributed by atoms with van der Waals surface area (Å²) in [5.41, 5.74) is 2.34. The van der Waals surface area contributed by atoms with Gasteiger partial charge in [-0.15, -0.1) is 0 Å². The van der Waals surface area contributed by atoms with Crippen LogP contribution < -0.4 is 5.32 Å². The zero-order valence-electron chi connectivity index (χ0n) is 15.2. The van der Waals surface area contributed by atoms with Gasteiger partial charge >= 0.3 is 0 Å². The Morgan fingerprint density at radius 1 is 1.16 bits per heavy atom. The van der Waals surface area contributed by atoms with Gasteiger partial charge in [-0.25, -0.2) is 0 Å². The Labute approximate surface area is 150 Å². The fraction of sp³-hybridized carbons (Fsp3) is 0.619. The maximum absolute atomic E-state index is 13.0. The first-order chi connectivity index (χ1) is 12.0. The van der Waals surface area contributed by atoms with Crippen LogP contribution in [0, 0.1) is 17.8 Å². The van der Waals surface area contributed by atoms with E-state index in [-0.39, 0.29) is 23.9 Å². The molecule has 1 heterocycles. The van der Waals surface area contributed by atoms with Crippen molar-refractivity contribution in [3.63, 3.8) is 0 Å². The third kappa shape index (κ3) is 3.07. The monoisotopic (exact) mass is 340 g/mol. The van der Waals surface area contributed by atoms with Gasteiger partial charge in [0.05, 0.1) is 0 Å². The molecule has 2 bridgehead atoms. The van der Waals surface area contributed by atoms with E-state index in [2.05, 4.69) is 24.4 Å². The minimum atomic E-state index is -0.381. The van der Waals surface area contributed by atoms with E-state index in [1.807, 2.05) is 12.1 Å². The van der Waals surface area contributed by atoms with Gasteiger partial charge in [-0.05, 0) is 55.1 Å². The second-order valence-corrected chi connectivity index (χ2v) is 8.27. The van der Waals surface area contributed by atoms with Gasteiger partial charge in [0.25, 0.3) is 0 Å². The molecule has 134 valence electrons. The van der Waals surface area contributed by atoms with Gasteiger partial charge < -0.3 is 10.2 Å². The van der Waals surface area contributed by atoms with E-state index in [0.29, 0.717) is 18.9 Å². The molecule has 2 amide bonds. The lowest BCUT2D eigenvalue weighted by molar-refractivity contribution is -0.140. The third-order valence-electron chi connectivity index (χ3n) is 6.76. The number of hydrogen-bond acceptors (Lipinski definition) is 2. The maximum Gasteiger partial charge on any atom is 0.243 e. The first-order valence-electron chi connectivity index (χ1n) is 9.67. The lowest BCUT2D eigenvalue weighted by Crippen LogP contribution is -2.54. The summed E-state index contributed by atoms with van der Waals surface area (Å²) in [4.78, 5) is 26.8. The number of rotatable bonds is 3. The van der Waals surface area contributed by atoms with Crippen LogP contribution in [0.1, 0.15) is 50.7 Å². The van der Waals surface area contributed by atoms with Crippen LogP contribution >= 0.6 is 0 Å². The maximum atomic E-state index is 13.0. The Bertz CT molecular complexity index is 686. The van der Waals surface area contributed by atoms with E-state index in [1.165, 1.54) is 31.2 Å². The lowest BCUT2D eigenvalue weighted by atomic mass is 9.83. The molecule has 2 saturated carbocycles. The number of carbonyl (C=O) groups is 2. The summed E-state index contributed by atoms with van der Waals surface area (Å²) in [7, 11) is 0. The van der Waals surface area contributed by atoms with Crippen molar-refractivity contribution < 1.29 is 9.59 Å². The molecule has 0 saturated heterocycles. The molecule has 3 aliphatic rings. The van der Waals surface area contributed by atoms with Crippen molar-refractivity contribution >= 4 is 11.8 Å². The average Bonchev–Trinajstić information content (AvgIpc) is 3.23. The highest BCUT2D eigenvalue weighted by Gasteiger charge is 2.43. The molecule has 5 atom stereocenters. The van der Waals surface area contributed by atoms with E-state index in [9.17, 15) is 9.59 Å². The molecular weight excluding hydrogens is 312 g/mol. The van der Waals surface area contributed by atoms with Gasteiger partial charge in [0, 0.05) is 25.9 Å². The molecule has 0 aromatic heterocycles. The summed E-state index contributed by atoms with van der Waals surface area (Å²) >= 11 is 0. The zero-order valence-corrected chi connectivity index (χ0v) is 15.2. The topological polar surface area (TPSA) is 49.4 Å². The van der Waals surface area contributed by atoms with Crippen molar-refractivity contribution in [3.8, 4) is 0 Å². The Hall–Kier alpha value is -1.84. The standard InChI is InChI=1S/C21H28N2O2/c1-13(19-10-15-7-8-17(19)9-15)22-21(25)20-11-16-5-3-4-6-18(16)12-23(20)14(2)24/h3-6,13,15,17,19-20H,7-12H2,1-2H3,(H,22,25). The molecule has 1 aliphatic heterocycles. The number of benzene rings is 1. The zero-order chi connectivity index (χ0) is 17.6. The highest BCUT2D eigenvalue weighted by atomic mass is 16.2. The van der Waals surface area contributed by atoms with Crippen LogP contribution in [0.15, 0.2) is 24.3 Å². The van der Waals surface area contributed by atoms with Crippen LogP contribution in [0.3, 0.4) is 0 Å². The lowest BCUT2D eigenvalue weighted by Gasteiger charge is -2.37. The summed E-state index contributed by atoms with van der Waals surface area (Å²) in [6.45, 7) is 4.25. The van der Waals surface area contributed by atoms with Gasteiger partial charge in [0.1, 0.15) is 6.04 Å². The summed E-state index contributed by atoms with van der Waals surface area (Å²) < 4.78 is 0. The van der Waals surface area contributed by atoms with E-state index in [1.54, 1.807) is 11.8 Å². The van der Waals surface area contributed by atoms with Gasteiger partial charge in [-0.3, -0.25) is 9.59 Å². The number of carbonyl (C=O) groups excluding carboxylic acids is 2. The number of hydrogen-bond donors (Lipinski definition) is 1. The molecule has 1 aromatic carbocycles. The fourth-order valence-electron chi connectivity index (χ4n) is 5.42. The molecule has 1 aromatic rings. The molecule has 25 heavy (non-hydrogen) atoms. The molecular formula is C21H28N2O2. The highest BCUT2D eigenvalue weighted by molar-refractivity contribution is 5.88. The van der Waals surface area contributed by atoms with Gasteiger partial charge in [-0.1, -0.05) is 30.7 Å². The van der Waals surface area contributed by atoms with Crippen LogP contribution in [-0.2, 0) is 22.6 Å². The Balaban J connectivity index is 1.47. The van der Waals surface area contributed by atoms with E-state index >= 15 is 0 Å². The molecule has 0 spiro atoms. The minimum Gasteiger partial charge on any atom is -0.352 e. The Morgan fingerprint density at radius 3 is 2.56 bits per heavy atom. The molecule has 5 unspecified atom stereocenters. The second kappa shape index (κ2) is 6.47. The van der Waals surface area contributed by atoms with Crippen molar-refractivity contribution in [2.45, 2.75) is 64.6 Å². The fourth-order valence-corrected chi connectivity index (χ4v) is 5.42. The molecule has 4 nitrogen and oxygen atoms in total. The normalized spacial score (nSPS) is 31.5. The molecule has 4 rings (SSSR count). The van der Waals surface area contributed by atoms with Crippen LogP contribution in [0.25, 0.3) is 0 Å². The summed E-state index contributed by atoms with van der Waals surface area (Å²) in [6, 6.07) is 7.95. The number of amides is 2. The first kappa shape index (κ1) is 16.6. The molecule has 2 fully saturated rings. The third-order valence-corrected chi connectivity index (χ3v) is 6.76. The number of fused-ring (bicyclic) bond motifs is 3. The van der Waals surface area contributed by atoms with Crippen LogP contribution in [0.2, 0.25) is 0 Å². The van der Waals surface area contributed by atoms with E-state index in [4.69, 9.17) is 0 Å². The predicted molar refractivity (Wildman–Crippen MR) is 96.7 cm³/mol. The van der Waals surface area contributed by atoms with Crippen molar-refractivity contribution in [1.29, 1.82) is 0 Å². The Kier molecular flexibility index (Phi) is 4.30. The van der Waals surface area contributed by atoms with Crippen molar-refractivity contribution in [2.24, 2.45) is 17.8 Å². The van der Waals surface area contributed by atoms with Crippen LogP contribution in [-0.4, -0.2) is 28.8 Å². The largest absolute Gasteiger partial charge is 0.352 e. The molecule has 4 heteroatoms. The van der Waals surface area contributed by atoms with Crippen LogP contribution in [0.4, 0.5) is 0 Å². The molecule has 0 radical (unpaired) electrons. The summed E-state index contributed by atoms with van der Waals surface area (Å²) in [5.74, 6) is 2.27. The summed E-state index contributed by atoms with van der Waals surface area (Å²) in [5, 5.41) is 3.26. The second-order valence-electron chi connectivity index (χ2n) is 8.27.